The Hall–Kier alpha value is -1.30. The van der Waals surface area contributed by atoms with Crippen molar-refractivity contribution in [1.29, 1.82) is 0 Å². The summed E-state index contributed by atoms with van der Waals surface area (Å²) in [7, 11) is 1.73. The number of benzene rings is 1. The summed E-state index contributed by atoms with van der Waals surface area (Å²) in [5, 5.41) is 9.51. The number of rotatable bonds is 4. The van der Waals surface area contributed by atoms with E-state index in [0.29, 0.717) is 13.2 Å². The van der Waals surface area contributed by atoms with Crippen LogP contribution in [0.4, 0.5) is 0 Å². The van der Waals surface area contributed by atoms with Crippen LogP contribution in [0.1, 0.15) is 12.0 Å². The molecule has 20 heavy (non-hydrogen) atoms. The zero-order chi connectivity index (χ0) is 13.9. The number of hydrogen-bond acceptors (Lipinski definition) is 5. The van der Waals surface area contributed by atoms with Crippen molar-refractivity contribution in [2.45, 2.75) is 25.1 Å². The summed E-state index contributed by atoms with van der Waals surface area (Å²) in [6, 6.07) is 6.13. The largest absolute Gasteiger partial charge is 0.486 e. The Morgan fingerprint density at radius 2 is 2.20 bits per heavy atom. The van der Waals surface area contributed by atoms with Gasteiger partial charge in [0.25, 0.3) is 0 Å². The second-order valence-electron chi connectivity index (χ2n) is 5.30. The molecule has 1 aromatic carbocycles. The molecule has 110 valence electrons. The van der Waals surface area contributed by atoms with Crippen molar-refractivity contribution in [3.05, 3.63) is 23.8 Å². The van der Waals surface area contributed by atoms with Crippen LogP contribution in [0, 0.1) is 0 Å². The Balaban J connectivity index is 1.77. The summed E-state index contributed by atoms with van der Waals surface area (Å²) < 4.78 is 16.8. The van der Waals surface area contributed by atoms with Gasteiger partial charge in [-0.25, -0.2) is 0 Å². The van der Waals surface area contributed by atoms with Crippen LogP contribution in [0.3, 0.4) is 0 Å². The Morgan fingerprint density at radius 1 is 1.35 bits per heavy atom. The summed E-state index contributed by atoms with van der Waals surface area (Å²) in [6.07, 6.45) is 1.07. The molecule has 0 aliphatic carbocycles. The van der Waals surface area contributed by atoms with Crippen molar-refractivity contribution in [1.82, 2.24) is 4.90 Å². The number of fused-ring (bicyclic) bond motifs is 1. The third-order valence-corrected chi connectivity index (χ3v) is 4.05. The number of likely N-dealkylation sites (tertiary alicyclic amines) is 1. The number of aliphatic hydroxyl groups excluding tert-OH is 1. The topological polar surface area (TPSA) is 51.2 Å². The van der Waals surface area contributed by atoms with Crippen LogP contribution in [0.2, 0.25) is 0 Å². The molecule has 1 aromatic rings. The smallest absolute Gasteiger partial charge is 0.165 e. The minimum Gasteiger partial charge on any atom is -0.486 e. The summed E-state index contributed by atoms with van der Waals surface area (Å²) in [5.74, 6) is 1.66. The van der Waals surface area contributed by atoms with E-state index in [4.69, 9.17) is 14.2 Å². The second kappa shape index (κ2) is 5.99. The zero-order valence-electron chi connectivity index (χ0n) is 11.7. The van der Waals surface area contributed by atoms with Crippen molar-refractivity contribution in [3.8, 4) is 11.5 Å². The van der Waals surface area contributed by atoms with Crippen molar-refractivity contribution in [2.75, 3.05) is 33.5 Å². The SMILES string of the molecule is CO[C@@H]1C[C@@H](CO)N(Cc2cccc3c2OCCO3)C1. The summed E-state index contributed by atoms with van der Waals surface area (Å²) in [5.41, 5.74) is 1.11. The highest BCUT2D eigenvalue weighted by Gasteiger charge is 2.32. The molecule has 1 N–H and O–H groups in total. The molecule has 0 amide bonds. The Kier molecular flexibility index (Phi) is 4.10. The van der Waals surface area contributed by atoms with Gasteiger partial charge in [-0.15, -0.1) is 0 Å². The fourth-order valence-electron chi connectivity index (χ4n) is 2.97. The number of methoxy groups -OCH3 is 1. The third-order valence-electron chi connectivity index (χ3n) is 4.05. The van der Waals surface area contributed by atoms with E-state index < -0.39 is 0 Å². The Labute approximate surface area is 119 Å². The summed E-state index contributed by atoms with van der Waals surface area (Å²) in [4.78, 5) is 2.25. The molecule has 5 heteroatoms. The minimum atomic E-state index is 0.153. The molecule has 0 spiro atoms. The molecule has 3 rings (SSSR count). The highest BCUT2D eigenvalue weighted by atomic mass is 16.6. The van der Waals surface area contributed by atoms with Crippen molar-refractivity contribution in [2.24, 2.45) is 0 Å². The van der Waals surface area contributed by atoms with E-state index >= 15 is 0 Å². The van der Waals surface area contributed by atoms with E-state index in [1.54, 1.807) is 7.11 Å². The van der Waals surface area contributed by atoms with Crippen LogP contribution in [0.5, 0.6) is 11.5 Å². The highest BCUT2D eigenvalue weighted by molar-refractivity contribution is 5.47. The number of nitrogens with zero attached hydrogens (tertiary/aromatic N) is 1. The molecular formula is C15H21NO4. The molecule has 2 heterocycles. The van der Waals surface area contributed by atoms with Gasteiger partial charge in [0.05, 0.1) is 12.7 Å². The van der Waals surface area contributed by atoms with E-state index in [1.165, 1.54) is 0 Å². The average Bonchev–Trinajstić information content (AvgIpc) is 2.90. The monoisotopic (exact) mass is 279 g/mol. The van der Waals surface area contributed by atoms with Gasteiger partial charge in [-0.1, -0.05) is 12.1 Å². The molecule has 0 radical (unpaired) electrons. The molecule has 0 saturated carbocycles. The fourth-order valence-corrected chi connectivity index (χ4v) is 2.97. The van der Waals surface area contributed by atoms with E-state index in [-0.39, 0.29) is 18.8 Å². The lowest BCUT2D eigenvalue weighted by Gasteiger charge is -2.26. The van der Waals surface area contributed by atoms with Crippen molar-refractivity contribution >= 4 is 0 Å². The molecule has 2 aliphatic heterocycles. The van der Waals surface area contributed by atoms with Gasteiger partial charge >= 0.3 is 0 Å². The van der Waals surface area contributed by atoms with Gasteiger partial charge in [0.2, 0.25) is 0 Å². The van der Waals surface area contributed by atoms with Crippen molar-refractivity contribution < 1.29 is 19.3 Å². The number of aliphatic hydroxyl groups is 1. The fraction of sp³-hybridized carbons (Fsp3) is 0.600. The molecule has 0 aromatic heterocycles. The molecule has 2 aliphatic rings. The molecule has 5 nitrogen and oxygen atoms in total. The highest BCUT2D eigenvalue weighted by Crippen LogP contribution is 2.35. The lowest BCUT2D eigenvalue weighted by atomic mass is 10.1. The van der Waals surface area contributed by atoms with Crippen LogP contribution in [0.15, 0.2) is 18.2 Å². The first kappa shape index (κ1) is 13.7. The van der Waals surface area contributed by atoms with Gasteiger partial charge in [0.15, 0.2) is 11.5 Å². The normalized spacial score (nSPS) is 25.9. The van der Waals surface area contributed by atoms with Gasteiger partial charge in [-0.05, 0) is 12.5 Å². The first-order valence-electron chi connectivity index (χ1n) is 7.07. The first-order chi connectivity index (χ1) is 9.81. The molecule has 0 unspecified atom stereocenters. The van der Waals surface area contributed by atoms with Crippen LogP contribution in [0.25, 0.3) is 0 Å². The van der Waals surface area contributed by atoms with E-state index in [9.17, 15) is 5.11 Å². The van der Waals surface area contributed by atoms with E-state index in [2.05, 4.69) is 11.0 Å². The first-order valence-corrected chi connectivity index (χ1v) is 7.07. The number of ether oxygens (including phenoxy) is 3. The maximum absolute atomic E-state index is 9.51. The molecular weight excluding hydrogens is 258 g/mol. The summed E-state index contributed by atoms with van der Waals surface area (Å²) in [6.45, 7) is 2.94. The number of hydrogen-bond donors (Lipinski definition) is 1. The minimum absolute atomic E-state index is 0.153. The van der Waals surface area contributed by atoms with Gasteiger partial charge in [0.1, 0.15) is 13.2 Å². The maximum Gasteiger partial charge on any atom is 0.165 e. The predicted molar refractivity (Wildman–Crippen MR) is 74.1 cm³/mol. The Bertz CT molecular complexity index is 465. The molecule has 2 atom stereocenters. The number of para-hydroxylation sites is 1. The van der Waals surface area contributed by atoms with Gasteiger partial charge in [-0.3, -0.25) is 4.90 Å². The third kappa shape index (κ3) is 2.61. The summed E-state index contributed by atoms with van der Waals surface area (Å²) >= 11 is 0. The van der Waals surface area contributed by atoms with Crippen molar-refractivity contribution in [3.63, 3.8) is 0 Å². The lowest BCUT2D eigenvalue weighted by Crippen LogP contribution is -2.32. The second-order valence-corrected chi connectivity index (χ2v) is 5.30. The van der Waals surface area contributed by atoms with Gasteiger partial charge in [-0.2, -0.15) is 0 Å². The van der Waals surface area contributed by atoms with Gasteiger partial charge in [0, 0.05) is 31.8 Å². The maximum atomic E-state index is 9.51. The zero-order valence-corrected chi connectivity index (χ0v) is 11.7. The van der Waals surface area contributed by atoms with Crippen LogP contribution in [-0.2, 0) is 11.3 Å². The standard InChI is InChI=1S/C15H21NO4/c1-18-13-7-12(10-17)16(9-13)8-11-3-2-4-14-15(11)20-6-5-19-14/h2-4,12-13,17H,5-10H2,1H3/t12-,13+/m0/s1. The quantitative estimate of drug-likeness (QED) is 0.892. The molecule has 0 bridgehead atoms. The van der Waals surface area contributed by atoms with E-state index in [0.717, 1.165) is 36.6 Å². The van der Waals surface area contributed by atoms with Gasteiger partial charge < -0.3 is 19.3 Å². The van der Waals surface area contributed by atoms with Crippen LogP contribution < -0.4 is 9.47 Å². The predicted octanol–water partition coefficient (Wildman–Crippen LogP) is 1.04. The molecule has 1 saturated heterocycles. The van der Waals surface area contributed by atoms with Crippen LogP contribution >= 0.6 is 0 Å². The van der Waals surface area contributed by atoms with Crippen LogP contribution in [-0.4, -0.2) is 55.6 Å². The van der Waals surface area contributed by atoms with E-state index in [1.807, 2.05) is 12.1 Å². The molecule has 1 fully saturated rings. The Morgan fingerprint density at radius 3 is 3.00 bits per heavy atom. The lowest BCUT2D eigenvalue weighted by molar-refractivity contribution is 0.106. The average molecular weight is 279 g/mol.